The van der Waals surface area contributed by atoms with Crippen LogP contribution in [0.15, 0.2) is 0 Å². The van der Waals surface area contributed by atoms with Crippen molar-refractivity contribution in [2.75, 3.05) is 6.61 Å². The largest absolute Gasteiger partial charge is 0.466 e. The quantitative estimate of drug-likeness (QED) is 0.479. The van der Waals surface area contributed by atoms with E-state index in [1.54, 1.807) is 0 Å². The highest BCUT2D eigenvalue weighted by molar-refractivity contribution is 6.63. The molecule has 3 nitrogen and oxygen atoms in total. The first-order chi connectivity index (χ1) is 7.06. The first kappa shape index (κ1) is 14.4. The van der Waals surface area contributed by atoms with Crippen LogP contribution < -0.4 is 0 Å². The predicted molar refractivity (Wildman–Crippen MR) is 59.7 cm³/mol. The molecule has 1 unspecified atom stereocenters. The van der Waals surface area contributed by atoms with Crippen molar-refractivity contribution in [1.82, 2.24) is 0 Å². The van der Waals surface area contributed by atoms with E-state index >= 15 is 0 Å². The van der Waals surface area contributed by atoms with Crippen LogP contribution in [0.5, 0.6) is 0 Å². The van der Waals surface area contributed by atoms with Crippen LogP contribution in [0.3, 0.4) is 0 Å². The van der Waals surface area contributed by atoms with E-state index in [4.69, 9.17) is 16.3 Å². The second-order valence-electron chi connectivity index (χ2n) is 3.73. The third kappa shape index (κ3) is 9.73. The molecule has 0 saturated heterocycles. The summed E-state index contributed by atoms with van der Waals surface area (Å²) >= 11 is 5.13. The van der Waals surface area contributed by atoms with E-state index < -0.39 is 5.24 Å². The van der Waals surface area contributed by atoms with E-state index in [1.807, 2.05) is 0 Å². The van der Waals surface area contributed by atoms with Crippen molar-refractivity contribution < 1.29 is 14.3 Å². The average Bonchev–Trinajstić information content (AvgIpc) is 2.17. The number of carbonyl (C=O) groups is 2. The first-order valence-electron chi connectivity index (χ1n) is 5.40. The molecule has 0 aromatic heterocycles. The van der Waals surface area contributed by atoms with E-state index in [1.165, 1.54) is 0 Å². The Hall–Kier alpha value is -0.570. The molecule has 0 aromatic rings. The Bertz CT molecular complexity index is 204. The van der Waals surface area contributed by atoms with Gasteiger partial charge in [-0.05, 0) is 30.4 Å². The second-order valence-corrected chi connectivity index (χ2v) is 4.15. The average molecular weight is 235 g/mol. The molecule has 88 valence electrons. The van der Waals surface area contributed by atoms with Crippen LogP contribution >= 0.6 is 11.6 Å². The van der Waals surface area contributed by atoms with E-state index in [0.717, 1.165) is 12.8 Å². The minimum absolute atomic E-state index is 0.238. The lowest BCUT2D eigenvalue weighted by Crippen LogP contribution is -2.08. The minimum atomic E-state index is -0.401. The molecular weight excluding hydrogens is 216 g/mol. The van der Waals surface area contributed by atoms with Gasteiger partial charge in [0.05, 0.1) is 6.61 Å². The number of rotatable bonds is 8. The van der Waals surface area contributed by atoms with Gasteiger partial charge < -0.3 is 4.74 Å². The van der Waals surface area contributed by atoms with E-state index in [2.05, 4.69) is 13.8 Å². The van der Waals surface area contributed by atoms with Gasteiger partial charge >= 0.3 is 5.97 Å². The Labute approximate surface area is 96.1 Å². The maximum Gasteiger partial charge on any atom is 0.305 e. The van der Waals surface area contributed by atoms with Crippen molar-refractivity contribution in [2.45, 2.75) is 46.0 Å². The molecule has 0 fully saturated rings. The molecule has 0 saturated carbocycles. The fourth-order valence-corrected chi connectivity index (χ4v) is 1.16. The molecule has 0 heterocycles. The molecule has 0 rings (SSSR count). The van der Waals surface area contributed by atoms with Gasteiger partial charge in [0.1, 0.15) is 0 Å². The van der Waals surface area contributed by atoms with Crippen LogP contribution in [0, 0.1) is 5.92 Å². The summed E-state index contributed by atoms with van der Waals surface area (Å²) in [7, 11) is 0. The lowest BCUT2D eigenvalue weighted by Gasteiger charge is -2.08. The fourth-order valence-electron chi connectivity index (χ4n) is 1.02. The number of hydrogen-bond donors (Lipinski definition) is 0. The van der Waals surface area contributed by atoms with E-state index in [9.17, 15) is 9.59 Å². The number of esters is 1. The van der Waals surface area contributed by atoms with Gasteiger partial charge in [-0.15, -0.1) is 0 Å². The summed E-state index contributed by atoms with van der Waals surface area (Å²) in [6.45, 7) is 4.71. The molecule has 0 aromatic carbocycles. The monoisotopic (exact) mass is 234 g/mol. The lowest BCUT2D eigenvalue weighted by atomic mass is 10.1. The molecule has 0 N–H and O–H groups in total. The molecular formula is C11H19ClO3. The highest BCUT2D eigenvalue weighted by Crippen LogP contribution is 2.07. The molecule has 4 heteroatoms. The number of hydrogen-bond acceptors (Lipinski definition) is 3. The van der Waals surface area contributed by atoms with Gasteiger partial charge in [-0.3, -0.25) is 9.59 Å². The minimum Gasteiger partial charge on any atom is -0.466 e. The Morgan fingerprint density at radius 3 is 2.53 bits per heavy atom. The molecule has 0 aliphatic carbocycles. The topological polar surface area (TPSA) is 43.4 Å². The van der Waals surface area contributed by atoms with Gasteiger partial charge in [0, 0.05) is 12.8 Å². The number of halogens is 1. The highest BCUT2D eigenvalue weighted by atomic mass is 35.5. The smallest absolute Gasteiger partial charge is 0.305 e. The van der Waals surface area contributed by atoms with Crippen molar-refractivity contribution in [2.24, 2.45) is 5.92 Å². The zero-order valence-electron chi connectivity index (χ0n) is 9.42. The summed E-state index contributed by atoms with van der Waals surface area (Å²) < 4.78 is 5.00. The summed E-state index contributed by atoms with van der Waals surface area (Å²) in [6.07, 6.45) is 2.99. The van der Waals surface area contributed by atoms with Gasteiger partial charge in [-0.1, -0.05) is 20.3 Å². The second kappa shape index (κ2) is 8.72. The number of ether oxygens (including phenoxy) is 1. The molecule has 0 aliphatic rings. The van der Waals surface area contributed by atoms with Gasteiger partial charge in [-0.2, -0.15) is 0 Å². The molecule has 0 aliphatic heterocycles. The standard InChI is InChI=1S/C11H19ClO3/c1-3-9(2)7-8-15-11(14)6-4-5-10(12)13/h9H,3-8H2,1-2H3. The van der Waals surface area contributed by atoms with Crippen LogP contribution in [0.2, 0.25) is 0 Å². The highest BCUT2D eigenvalue weighted by Gasteiger charge is 2.05. The Kier molecular flexibility index (Phi) is 8.38. The van der Waals surface area contributed by atoms with Crippen molar-refractivity contribution in [3.05, 3.63) is 0 Å². The molecule has 15 heavy (non-hydrogen) atoms. The van der Waals surface area contributed by atoms with Gasteiger partial charge in [0.15, 0.2) is 0 Å². The van der Waals surface area contributed by atoms with Crippen molar-refractivity contribution in [3.63, 3.8) is 0 Å². The van der Waals surface area contributed by atoms with Crippen LogP contribution in [0.1, 0.15) is 46.0 Å². The van der Waals surface area contributed by atoms with Crippen LogP contribution in [-0.2, 0) is 14.3 Å². The summed E-state index contributed by atoms with van der Waals surface area (Å²) in [4.78, 5) is 21.5. The summed E-state index contributed by atoms with van der Waals surface area (Å²) in [5.41, 5.74) is 0. The summed E-state index contributed by atoms with van der Waals surface area (Å²) in [6, 6.07) is 0. The van der Waals surface area contributed by atoms with E-state index in [-0.39, 0.29) is 18.8 Å². The SMILES string of the molecule is CCC(C)CCOC(=O)CCCC(=O)Cl. The molecule has 0 amide bonds. The number of carbonyl (C=O) groups excluding carboxylic acids is 2. The van der Waals surface area contributed by atoms with E-state index in [0.29, 0.717) is 18.9 Å². The molecule has 1 atom stereocenters. The van der Waals surface area contributed by atoms with Crippen LogP contribution in [0.25, 0.3) is 0 Å². The van der Waals surface area contributed by atoms with Crippen molar-refractivity contribution in [3.8, 4) is 0 Å². The summed E-state index contributed by atoms with van der Waals surface area (Å²) in [5, 5.41) is -0.401. The van der Waals surface area contributed by atoms with Crippen molar-refractivity contribution in [1.29, 1.82) is 0 Å². The third-order valence-corrected chi connectivity index (χ3v) is 2.51. The zero-order chi connectivity index (χ0) is 11.7. The molecule has 0 bridgehead atoms. The predicted octanol–water partition coefficient (Wildman–Crippen LogP) is 2.90. The maximum absolute atomic E-state index is 11.1. The van der Waals surface area contributed by atoms with Gasteiger partial charge in [0.2, 0.25) is 5.24 Å². The fraction of sp³-hybridized carbons (Fsp3) is 0.818. The zero-order valence-corrected chi connectivity index (χ0v) is 10.2. The Morgan fingerprint density at radius 1 is 1.33 bits per heavy atom. The lowest BCUT2D eigenvalue weighted by molar-refractivity contribution is -0.144. The first-order valence-corrected chi connectivity index (χ1v) is 5.78. The normalized spacial score (nSPS) is 12.2. The van der Waals surface area contributed by atoms with Crippen LogP contribution in [-0.4, -0.2) is 17.8 Å². The molecule has 0 radical (unpaired) electrons. The maximum atomic E-state index is 11.1. The van der Waals surface area contributed by atoms with Gasteiger partial charge in [-0.25, -0.2) is 0 Å². The van der Waals surface area contributed by atoms with Crippen molar-refractivity contribution >= 4 is 22.8 Å². The van der Waals surface area contributed by atoms with Gasteiger partial charge in [0.25, 0.3) is 0 Å². The third-order valence-electron chi connectivity index (χ3n) is 2.32. The molecule has 0 spiro atoms. The summed E-state index contributed by atoms with van der Waals surface area (Å²) in [5.74, 6) is 0.346. The Balaban J connectivity index is 3.37. The van der Waals surface area contributed by atoms with Crippen LogP contribution in [0.4, 0.5) is 0 Å². The Morgan fingerprint density at radius 2 is 2.00 bits per heavy atom.